The van der Waals surface area contributed by atoms with Gasteiger partial charge in [-0.15, -0.1) is 0 Å². The number of aromatic nitrogens is 2. The summed E-state index contributed by atoms with van der Waals surface area (Å²) in [6.45, 7) is 12.4. The lowest BCUT2D eigenvalue weighted by Gasteiger charge is -2.55. The second-order valence-corrected chi connectivity index (χ2v) is 11.4. The number of carbonyl (C=O) groups excluding carboxylic acids is 2. The van der Waals surface area contributed by atoms with Gasteiger partial charge >= 0.3 is 0 Å². The summed E-state index contributed by atoms with van der Waals surface area (Å²) >= 11 is 0. The van der Waals surface area contributed by atoms with E-state index in [0.717, 1.165) is 31.3 Å². The monoisotopic (exact) mass is 488 g/mol. The molecule has 3 fully saturated rings. The molecular weight excluding hydrogens is 444 g/mol. The highest BCUT2D eigenvalue weighted by molar-refractivity contribution is 5.96. The standard InChI is InChI=1S/C26H40N4O3.CH4O/c1-7-27-24(32)25(5,6)8-9-30-23(33-16(2)3)20(15-28-30)22(31)29-21-12-19-11-18-10-17(4)13-26(19,21)14-18;1-2/h8-9,15-19,21H,7,10-14H2,1-6H3,(H,27,32)(H,29,31);2H,1H3/b9-8+;. The third-order valence-electron chi connectivity index (χ3n) is 7.98. The fourth-order valence-electron chi connectivity index (χ4n) is 6.53. The first kappa shape index (κ1) is 27.2. The lowest BCUT2D eigenvalue weighted by Crippen LogP contribution is -2.59. The van der Waals surface area contributed by atoms with Gasteiger partial charge in [-0.25, -0.2) is 4.68 Å². The smallest absolute Gasteiger partial charge is 0.258 e. The Labute approximate surface area is 209 Å². The molecule has 1 spiro atoms. The zero-order chi connectivity index (χ0) is 26.0. The van der Waals surface area contributed by atoms with Gasteiger partial charge in [0.05, 0.1) is 17.7 Å². The Morgan fingerprint density at radius 1 is 1.29 bits per heavy atom. The minimum Gasteiger partial charge on any atom is -0.474 e. The van der Waals surface area contributed by atoms with Crippen LogP contribution in [0.4, 0.5) is 0 Å². The summed E-state index contributed by atoms with van der Waals surface area (Å²) in [4.78, 5) is 25.7. The Kier molecular flexibility index (Phi) is 8.35. The summed E-state index contributed by atoms with van der Waals surface area (Å²) in [5, 5.41) is 17.6. The molecule has 3 N–H and O–H groups in total. The molecule has 3 aliphatic rings. The first-order valence-electron chi connectivity index (χ1n) is 13.0. The maximum absolute atomic E-state index is 13.4. The summed E-state index contributed by atoms with van der Waals surface area (Å²) < 4.78 is 7.58. The molecule has 1 aromatic rings. The molecule has 0 radical (unpaired) electrons. The van der Waals surface area contributed by atoms with Crippen LogP contribution in [0.5, 0.6) is 5.88 Å². The van der Waals surface area contributed by atoms with E-state index in [9.17, 15) is 9.59 Å². The normalized spacial score (nSPS) is 29.2. The van der Waals surface area contributed by atoms with Gasteiger partial charge < -0.3 is 20.5 Å². The molecule has 1 heterocycles. The Morgan fingerprint density at radius 3 is 2.66 bits per heavy atom. The third kappa shape index (κ3) is 5.42. The Bertz CT molecular complexity index is 938. The predicted molar refractivity (Wildman–Crippen MR) is 137 cm³/mol. The van der Waals surface area contributed by atoms with Crippen LogP contribution < -0.4 is 15.4 Å². The van der Waals surface area contributed by atoms with Crippen molar-refractivity contribution in [1.29, 1.82) is 0 Å². The maximum Gasteiger partial charge on any atom is 0.258 e. The SMILES string of the molecule is CCNC(=O)C(C)(C)/C=C/n1ncc(C(=O)NC2CC3CC4CC(C)CC32C4)c1OC(C)C.CO. The highest BCUT2D eigenvalue weighted by atomic mass is 16.5. The van der Waals surface area contributed by atoms with Crippen molar-refractivity contribution in [2.45, 2.75) is 85.8 Å². The molecule has 5 atom stereocenters. The molecule has 2 bridgehead atoms. The summed E-state index contributed by atoms with van der Waals surface area (Å²) in [5.41, 5.74) is 0.0299. The molecule has 0 aromatic carbocycles. The van der Waals surface area contributed by atoms with Gasteiger partial charge in [-0.05, 0) is 89.9 Å². The van der Waals surface area contributed by atoms with E-state index in [1.807, 2.05) is 34.6 Å². The Hall–Kier alpha value is -2.35. The third-order valence-corrected chi connectivity index (χ3v) is 7.98. The molecule has 3 aliphatic carbocycles. The fourth-order valence-corrected chi connectivity index (χ4v) is 6.53. The van der Waals surface area contributed by atoms with Crippen LogP contribution in [-0.4, -0.2) is 52.5 Å². The molecular formula is C27H44N4O4. The first-order chi connectivity index (χ1) is 16.6. The van der Waals surface area contributed by atoms with E-state index in [2.05, 4.69) is 22.7 Å². The quantitative estimate of drug-likeness (QED) is 0.515. The van der Waals surface area contributed by atoms with Gasteiger partial charge in [-0.1, -0.05) is 13.0 Å². The lowest BCUT2D eigenvalue weighted by atomic mass is 9.54. The highest BCUT2D eigenvalue weighted by Crippen LogP contribution is 2.66. The zero-order valence-corrected chi connectivity index (χ0v) is 22.4. The highest BCUT2D eigenvalue weighted by Gasteiger charge is 2.62. The molecule has 5 unspecified atom stereocenters. The van der Waals surface area contributed by atoms with Crippen LogP contribution in [0.25, 0.3) is 6.20 Å². The van der Waals surface area contributed by atoms with Crippen molar-refractivity contribution in [3.63, 3.8) is 0 Å². The van der Waals surface area contributed by atoms with Gasteiger partial charge in [0.2, 0.25) is 11.8 Å². The molecule has 196 valence electrons. The van der Waals surface area contributed by atoms with Gasteiger partial charge in [0.1, 0.15) is 5.56 Å². The van der Waals surface area contributed by atoms with Gasteiger partial charge in [0.15, 0.2) is 0 Å². The maximum atomic E-state index is 13.4. The number of aliphatic hydroxyl groups is 1. The number of nitrogens with zero attached hydrogens (tertiary/aromatic N) is 2. The number of nitrogens with one attached hydrogen (secondary N) is 2. The summed E-state index contributed by atoms with van der Waals surface area (Å²) in [6.07, 6.45) is 11.2. The van der Waals surface area contributed by atoms with Crippen molar-refractivity contribution >= 4 is 18.0 Å². The van der Waals surface area contributed by atoms with Crippen molar-refractivity contribution in [3.8, 4) is 5.88 Å². The molecule has 3 saturated carbocycles. The van der Waals surface area contributed by atoms with E-state index in [4.69, 9.17) is 9.84 Å². The molecule has 8 nitrogen and oxygen atoms in total. The van der Waals surface area contributed by atoms with E-state index >= 15 is 0 Å². The van der Waals surface area contributed by atoms with Gasteiger partial charge in [-0.2, -0.15) is 5.10 Å². The first-order valence-corrected chi connectivity index (χ1v) is 13.0. The van der Waals surface area contributed by atoms with Crippen LogP contribution in [0, 0.1) is 28.6 Å². The van der Waals surface area contributed by atoms with Crippen LogP contribution in [0.3, 0.4) is 0 Å². The van der Waals surface area contributed by atoms with Crippen LogP contribution in [0.2, 0.25) is 0 Å². The van der Waals surface area contributed by atoms with E-state index in [-0.39, 0.29) is 24.0 Å². The van der Waals surface area contributed by atoms with E-state index in [1.54, 1.807) is 23.2 Å². The van der Waals surface area contributed by atoms with Gasteiger partial charge in [0.25, 0.3) is 5.91 Å². The lowest BCUT2D eigenvalue weighted by molar-refractivity contribution is -0.127. The second kappa shape index (κ2) is 10.7. The number of carbonyl (C=O) groups is 2. The van der Waals surface area contributed by atoms with Crippen molar-refractivity contribution in [2.75, 3.05) is 13.7 Å². The van der Waals surface area contributed by atoms with Gasteiger partial charge in [0, 0.05) is 25.9 Å². The largest absolute Gasteiger partial charge is 0.474 e. The molecule has 4 rings (SSSR count). The molecule has 35 heavy (non-hydrogen) atoms. The average molecular weight is 489 g/mol. The second-order valence-electron chi connectivity index (χ2n) is 11.4. The number of hydrogen-bond donors (Lipinski definition) is 3. The summed E-state index contributed by atoms with van der Waals surface area (Å²) in [7, 11) is 1.00. The average Bonchev–Trinajstić information content (AvgIpc) is 3.28. The molecule has 0 aliphatic heterocycles. The van der Waals surface area contributed by atoms with Crippen molar-refractivity contribution in [2.24, 2.45) is 28.6 Å². The minimum absolute atomic E-state index is 0.0620. The molecule has 2 amide bonds. The molecule has 1 aromatic heterocycles. The van der Waals surface area contributed by atoms with Crippen LogP contribution in [0.15, 0.2) is 12.3 Å². The van der Waals surface area contributed by atoms with E-state index < -0.39 is 5.41 Å². The van der Waals surface area contributed by atoms with Crippen LogP contribution in [-0.2, 0) is 4.79 Å². The molecule has 0 saturated heterocycles. The van der Waals surface area contributed by atoms with Crippen molar-refractivity contribution in [1.82, 2.24) is 20.4 Å². The van der Waals surface area contributed by atoms with Crippen LogP contribution in [0.1, 0.15) is 84.0 Å². The molecule has 8 heteroatoms. The Morgan fingerprint density at radius 2 is 2.00 bits per heavy atom. The topological polar surface area (TPSA) is 105 Å². The summed E-state index contributed by atoms with van der Waals surface area (Å²) in [5.74, 6) is 2.59. The van der Waals surface area contributed by atoms with Crippen molar-refractivity contribution in [3.05, 3.63) is 17.8 Å². The number of aliphatic hydroxyl groups excluding tert-OH is 1. The fraction of sp³-hybridized carbons (Fsp3) is 0.741. The zero-order valence-electron chi connectivity index (χ0n) is 22.4. The Balaban J connectivity index is 0.00000167. The number of amides is 2. The van der Waals surface area contributed by atoms with E-state index in [1.165, 1.54) is 25.7 Å². The number of rotatable bonds is 8. The predicted octanol–water partition coefficient (Wildman–Crippen LogP) is 3.86. The number of hydrogen-bond acceptors (Lipinski definition) is 5. The number of ether oxygens (including phenoxy) is 1. The number of fused-ring (bicyclic) bond motifs is 1. The minimum atomic E-state index is -0.712. The van der Waals surface area contributed by atoms with Gasteiger partial charge in [-0.3, -0.25) is 9.59 Å². The van der Waals surface area contributed by atoms with Crippen LogP contribution >= 0.6 is 0 Å². The van der Waals surface area contributed by atoms with Crippen molar-refractivity contribution < 1.29 is 19.4 Å². The van der Waals surface area contributed by atoms with E-state index in [0.29, 0.717) is 23.4 Å². The summed E-state index contributed by atoms with van der Waals surface area (Å²) in [6, 6.07) is 0.241.